The van der Waals surface area contributed by atoms with Gasteiger partial charge in [-0.25, -0.2) is 0 Å². The van der Waals surface area contributed by atoms with Crippen molar-refractivity contribution in [1.82, 2.24) is 0 Å². The minimum absolute atomic E-state index is 0.564. The smallest absolute Gasteiger partial charge is 0.478 e. The van der Waals surface area contributed by atoms with Crippen LogP contribution in [0.25, 0.3) is 0 Å². The van der Waals surface area contributed by atoms with E-state index in [1.807, 2.05) is 30.3 Å². The number of unbranched alkanes of at least 4 members (excludes halogenated alkanes) is 4. The van der Waals surface area contributed by atoms with Gasteiger partial charge in [-0.05, 0) is 25.0 Å². The molecule has 0 fully saturated rings. The Morgan fingerprint density at radius 2 is 1.48 bits per heavy atom. The van der Waals surface area contributed by atoms with Crippen LogP contribution in [0.5, 0.6) is 5.75 Å². The van der Waals surface area contributed by atoms with Crippen LogP contribution in [0, 0.1) is 0 Å². The molecule has 0 bridgehead atoms. The molecule has 0 atom stereocenters. The minimum Gasteiger partial charge on any atom is -0.478 e. The molecule has 0 saturated heterocycles. The van der Waals surface area contributed by atoms with E-state index in [9.17, 15) is 0 Å². The van der Waals surface area contributed by atoms with Crippen molar-refractivity contribution in [2.45, 2.75) is 52.4 Å². The molecule has 130 valence electrons. The molecule has 0 aliphatic heterocycles. The largest absolute Gasteiger partial charge is 0.820 e. The number of para-hydroxylation sites is 1. The predicted octanol–water partition coefficient (Wildman–Crippen LogP) is 5.07. The summed E-state index contributed by atoms with van der Waals surface area (Å²) in [5.74, 6) is 0.687. The van der Waals surface area contributed by atoms with Crippen molar-refractivity contribution in [1.29, 1.82) is 0 Å². The van der Waals surface area contributed by atoms with Crippen LogP contribution >= 0.6 is 0 Å². The molecule has 4 nitrogen and oxygen atoms in total. The third-order valence-electron chi connectivity index (χ3n) is 3.27. The van der Waals surface area contributed by atoms with E-state index in [0.29, 0.717) is 19.0 Å². The lowest BCUT2D eigenvalue weighted by Gasteiger charge is -2.27. The van der Waals surface area contributed by atoms with E-state index >= 15 is 0 Å². The highest BCUT2D eigenvalue weighted by Crippen LogP contribution is 2.20. The van der Waals surface area contributed by atoms with Crippen molar-refractivity contribution in [3.05, 3.63) is 43.2 Å². The minimum atomic E-state index is -3.25. The van der Waals surface area contributed by atoms with E-state index in [1.54, 1.807) is 0 Å². The zero-order valence-electron chi connectivity index (χ0n) is 14.5. The van der Waals surface area contributed by atoms with E-state index in [4.69, 9.17) is 17.7 Å². The highest BCUT2D eigenvalue weighted by atomic mass is 28.4. The molecule has 0 unspecified atom stereocenters. The summed E-state index contributed by atoms with van der Waals surface area (Å²) in [7, 11) is -3.25. The molecule has 5 heteroatoms. The molecule has 23 heavy (non-hydrogen) atoms. The van der Waals surface area contributed by atoms with Crippen LogP contribution < -0.4 is 4.43 Å². The summed E-state index contributed by atoms with van der Waals surface area (Å²) < 4.78 is 23.5. The summed E-state index contributed by atoms with van der Waals surface area (Å²) in [6.45, 7) is 9.10. The summed E-state index contributed by atoms with van der Waals surface area (Å²) in [5.41, 5.74) is 0. The van der Waals surface area contributed by atoms with Crippen LogP contribution in [-0.2, 0) is 13.3 Å². The number of rotatable bonds is 14. The SMILES string of the molecule is C=CO[Si](OCCCCC)(OCCCCC)Oc1ccccc1. The normalized spacial score (nSPS) is 11.2. The quantitative estimate of drug-likeness (QED) is 0.269. The first-order valence-corrected chi connectivity index (χ1v) is 10.2. The van der Waals surface area contributed by atoms with Crippen molar-refractivity contribution in [3.63, 3.8) is 0 Å². The fraction of sp³-hybridized carbons (Fsp3) is 0.556. The van der Waals surface area contributed by atoms with Gasteiger partial charge in [0.1, 0.15) is 5.75 Å². The van der Waals surface area contributed by atoms with Gasteiger partial charge in [0.15, 0.2) is 0 Å². The Morgan fingerprint density at radius 3 is 1.96 bits per heavy atom. The van der Waals surface area contributed by atoms with Crippen LogP contribution in [0.4, 0.5) is 0 Å². The number of hydrogen-bond donors (Lipinski definition) is 0. The van der Waals surface area contributed by atoms with Gasteiger partial charge in [-0.15, -0.1) is 0 Å². The molecule has 0 N–H and O–H groups in total. The van der Waals surface area contributed by atoms with Gasteiger partial charge in [-0.1, -0.05) is 64.3 Å². The van der Waals surface area contributed by atoms with Gasteiger partial charge in [0, 0.05) is 13.2 Å². The Hall–Kier alpha value is -1.30. The molecule has 0 aliphatic carbocycles. The fourth-order valence-corrected chi connectivity index (χ4v) is 3.83. The first-order valence-electron chi connectivity index (χ1n) is 8.57. The van der Waals surface area contributed by atoms with E-state index in [-0.39, 0.29) is 0 Å². The Kier molecular flexibility index (Phi) is 10.4. The van der Waals surface area contributed by atoms with Crippen LogP contribution in [0.1, 0.15) is 52.4 Å². The predicted molar refractivity (Wildman–Crippen MR) is 95.1 cm³/mol. The lowest BCUT2D eigenvalue weighted by atomic mass is 10.3. The summed E-state index contributed by atoms with van der Waals surface area (Å²) in [4.78, 5) is 0. The Morgan fingerprint density at radius 1 is 0.913 bits per heavy atom. The van der Waals surface area contributed by atoms with Crippen molar-refractivity contribution in [2.75, 3.05) is 13.2 Å². The molecule has 1 aromatic carbocycles. The van der Waals surface area contributed by atoms with E-state index in [0.717, 1.165) is 38.5 Å². The first-order chi connectivity index (χ1) is 11.3. The highest BCUT2D eigenvalue weighted by Gasteiger charge is 2.50. The van der Waals surface area contributed by atoms with Crippen LogP contribution in [0.15, 0.2) is 43.2 Å². The maximum absolute atomic E-state index is 6.00. The summed E-state index contributed by atoms with van der Waals surface area (Å²) >= 11 is 0. The number of hydrogen-bond acceptors (Lipinski definition) is 4. The van der Waals surface area contributed by atoms with Gasteiger partial charge in [0.25, 0.3) is 0 Å². The molecular formula is C18H30O4Si. The molecule has 1 aromatic rings. The average Bonchev–Trinajstić information content (AvgIpc) is 2.57. The molecule has 0 radical (unpaired) electrons. The van der Waals surface area contributed by atoms with Crippen molar-refractivity contribution in [2.24, 2.45) is 0 Å². The molecule has 0 spiro atoms. The van der Waals surface area contributed by atoms with Crippen molar-refractivity contribution < 1.29 is 17.7 Å². The standard InChI is InChI=1S/C18H30O4Si/c1-4-7-12-16-20-23(19-6-3,21-17-13-8-5-2)22-18-14-10-9-11-15-18/h6,9-11,14-15H,3-5,7-8,12-13,16-17H2,1-2H3. The average molecular weight is 339 g/mol. The molecule has 0 amide bonds. The third-order valence-corrected chi connectivity index (χ3v) is 5.32. The van der Waals surface area contributed by atoms with Gasteiger partial charge >= 0.3 is 9.05 Å². The van der Waals surface area contributed by atoms with Gasteiger partial charge in [0.05, 0.1) is 6.26 Å². The lowest BCUT2D eigenvalue weighted by Crippen LogP contribution is -2.51. The monoisotopic (exact) mass is 338 g/mol. The molecule has 1 rings (SSSR count). The van der Waals surface area contributed by atoms with Crippen LogP contribution in [0.3, 0.4) is 0 Å². The Balaban J connectivity index is 2.72. The fourth-order valence-electron chi connectivity index (χ4n) is 2.03. The van der Waals surface area contributed by atoms with Gasteiger partial charge in [-0.2, -0.15) is 0 Å². The molecule has 0 aromatic heterocycles. The van der Waals surface area contributed by atoms with Gasteiger partial charge in [-0.3, -0.25) is 0 Å². The van der Waals surface area contributed by atoms with Crippen molar-refractivity contribution >= 4 is 9.05 Å². The number of benzene rings is 1. The maximum Gasteiger partial charge on any atom is 0.820 e. The Bertz CT molecular complexity index is 399. The summed E-state index contributed by atoms with van der Waals surface area (Å²) in [5, 5.41) is 0. The molecule has 0 saturated carbocycles. The topological polar surface area (TPSA) is 36.9 Å². The van der Waals surface area contributed by atoms with E-state index < -0.39 is 9.05 Å². The molecule has 0 aliphatic rings. The van der Waals surface area contributed by atoms with Crippen molar-refractivity contribution in [3.8, 4) is 5.75 Å². The zero-order chi connectivity index (χ0) is 16.8. The van der Waals surface area contributed by atoms with Gasteiger partial charge in [0.2, 0.25) is 0 Å². The van der Waals surface area contributed by atoms with E-state index in [2.05, 4.69) is 20.4 Å². The first kappa shape index (κ1) is 19.7. The molecule has 0 heterocycles. The second-order valence-electron chi connectivity index (χ2n) is 5.31. The van der Waals surface area contributed by atoms with Gasteiger partial charge < -0.3 is 17.7 Å². The summed E-state index contributed by atoms with van der Waals surface area (Å²) in [6.07, 6.45) is 7.77. The zero-order valence-corrected chi connectivity index (χ0v) is 15.5. The second kappa shape index (κ2) is 12.2. The summed E-state index contributed by atoms with van der Waals surface area (Å²) in [6, 6.07) is 9.51. The Labute approximate surface area is 141 Å². The van der Waals surface area contributed by atoms with E-state index in [1.165, 1.54) is 6.26 Å². The lowest BCUT2D eigenvalue weighted by molar-refractivity contribution is 0.0246. The van der Waals surface area contributed by atoms with Crippen LogP contribution in [-0.4, -0.2) is 22.3 Å². The third kappa shape index (κ3) is 8.20. The van der Waals surface area contributed by atoms with Crippen LogP contribution in [0.2, 0.25) is 0 Å². The maximum atomic E-state index is 6.00. The second-order valence-corrected chi connectivity index (χ2v) is 7.33. The highest BCUT2D eigenvalue weighted by molar-refractivity contribution is 6.54. The molecular weight excluding hydrogens is 308 g/mol.